The number of para-hydroxylation sites is 2. The van der Waals surface area contributed by atoms with Gasteiger partial charge >= 0.3 is 0 Å². The Bertz CT molecular complexity index is 1200. The Hall–Kier alpha value is -2.89. The molecule has 2 aliphatic rings. The number of nitrogens with zero attached hydrogens (tertiary/aromatic N) is 3. The number of halogens is 1. The molecule has 37 heavy (non-hydrogen) atoms. The lowest BCUT2D eigenvalue weighted by molar-refractivity contribution is -0.117. The monoisotopic (exact) mass is 544 g/mol. The van der Waals surface area contributed by atoms with Crippen molar-refractivity contribution in [2.45, 2.75) is 6.54 Å². The van der Waals surface area contributed by atoms with Gasteiger partial charge in [-0.3, -0.25) is 9.69 Å². The number of hydrogen-bond acceptors (Lipinski definition) is 9. The number of carbonyl (C=O) groups is 1. The van der Waals surface area contributed by atoms with E-state index >= 15 is 0 Å². The fraction of sp³-hybridized carbons (Fsp3) is 0.385. The van der Waals surface area contributed by atoms with Crippen molar-refractivity contribution in [2.24, 2.45) is 0 Å². The Labute approximate surface area is 224 Å². The van der Waals surface area contributed by atoms with Crippen molar-refractivity contribution >= 4 is 39.7 Å². The van der Waals surface area contributed by atoms with Gasteiger partial charge in [0.1, 0.15) is 6.61 Å². The van der Waals surface area contributed by atoms with Gasteiger partial charge in [-0.1, -0.05) is 23.7 Å². The summed E-state index contributed by atoms with van der Waals surface area (Å²) in [5.74, 6) is 1.43. The van der Waals surface area contributed by atoms with Crippen LogP contribution >= 0.6 is 22.9 Å². The second-order valence-electron chi connectivity index (χ2n) is 8.62. The van der Waals surface area contributed by atoms with Crippen molar-refractivity contribution in [3.8, 4) is 17.2 Å². The number of benzene rings is 2. The fourth-order valence-corrected chi connectivity index (χ4v) is 5.24. The zero-order valence-corrected chi connectivity index (χ0v) is 21.9. The molecule has 0 saturated carbocycles. The molecule has 1 fully saturated rings. The number of anilines is 2. The van der Waals surface area contributed by atoms with Gasteiger partial charge in [-0.05, 0) is 30.3 Å². The van der Waals surface area contributed by atoms with Crippen molar-refractivity contribution < 1.29 is 23.7 Å². The van der Waals surface area contributed by atoms with Gasteiger partial charge in [-0.15, -0.1) is 11.3 Å². The molecule has 5 rings (SSSR count). The Morgan fingerprint density at radius 1 is 0.946 bits per heavy atom. The molecule has 0 atom stereocenters. The summed E-state index contributed by atoms with van der Waals surface area (Å²) in [7, 11) is 0. The Kier molecular flexibility index (Phi) is 8.75. The molecule has 3 heterocycles. The van der Waals surface area contributed by atoms with Gasteiger partial charge in [0.2, 0.25) is 5.91 Å². The van der Waals surface area contributed by atoms with E-state index < -0.39 is 0 Å². The molecule has 1 N–H and O–H groups in total. The largest absolute Gasteiger partial charge is 0.487 e. The lowest BCUT2D eigenvalue weighted by Gasteiger charge is -2.26. The normalized spacial score (nSPS) is 17.9. The van der Waals surface area contributed by atoms with E-state index in [9.17, 15) is 4.79 Å². The first-order valence-electron chi connectivity index (χ1n) is 12.2. The zero-order chi connectivity index (χ0) is 25.5. The van der Waals surface area contributed by atoms with Gasteiger partial charge < -0.3 is 29.2 Å². The third-order valence-electron chi connectivity index (χ3n) is 5.89. The predicted octanol–water partition coefficient (Wildman–Crippen LogP) is 4.28. The molecule has 0 radical (unpaired) electrons. The number of fused-ring (bicyclic) bond motifs is 2. The molecule has 1 amide bonds. The van der Waals surface area contributed by atoms with Crippen LogP contribution in [0.3, 0.4) is 0 Å². The summed E-state index contributed by atoms with van der Waals surface area (Å²) in [5.41, 5.74) is 0.491. The highest BCUT2D eigenvalue weighted by atomic mass is 35.5. The Balaban J connectivity index is 1.32. The molecule has 11 heteroatoms. The molecule has 9 nitrogen and oxygen atoms in total. The molecule has 1 saturated heterocycles. The van der Waals surface area contributed by atoms with Crippen molar-refractivity contribution in [2.75, 3.05) is 69.4 Å². The van der Waals surface area contributed by atoms with E-state index in [-0.39, 0.29) is 12.5 Å². The average Bonchev–Trinajstić information content (AvgIpc) is 3.37. The lowest BCUT2D eigenvalue weighted by Crippen LogP contribution is -2.36. The van der Waals surface area contributed by atoms with E-state index in [1.54, 1.807) is 29.5 Å². The van der Waals surface area contributed by atoms with E-state index in [1.807, 2.05) is 35.4 Å². The zero-order valence-electron chi connectivity index (χ0n) is 20.4. The van der Waals surface area contributed by atoms with E-state index in [0.29, 0.717) is 74.1 Å². The predicted molar refractivity (Wildman–Crippen MR) is 143 cm³/mol. The summed E-state index contributed by atoms with van der Waals surface area (Å²) in [5, 5.41) is 4.45. The smallest absolute Gasteiger partial charge is 0.238 e. The van der Waals surface area contributed by atoms with Crippen LogP contribution in [0.4, 0.5) is 10.8 Å². The maximum atomic E-state index is 13.1. The number of nitrogens with one attached hydrogen (secondary N) is 1. The first-order chi connectivity index (χ1) is 18.1. The number of amides is 1. The van der Waals surface area contributed by atoms with Crippen molar-refractivity contribution in [3.05, 3.63) is 58.6 Å². The number of aromatic nitrogens is 1. The molecule has 0 unspecified atom stereocenters. The molecule has 0 aliphatic carbocycles. The summed E-state index contributed by atoms with van der Waals surface area (Å²) in [6.45, 7) is 5.69. The second kappa shape index (κ2) is 12.6. The maximum Gasteiger partial charge on any atom is 0.238 e. The van der Waals surface area contributed by atoms with E-state index in [4.69, 9.17) is 30.5 Å². The number of ether oxygens (including phenoxy) is 4. The van der Waals surface area contributed by atoms with Crippen LogP contribution in [0, 0.1) is 0 Å². The minimum absolute atomic E-state index is 0.174. The fourth-order valence-electron chi connectivity index (χ4n) is 4.07. The van der Waals surface area contributed by atoms with Gasteiger partial charge in [-0.25, -0.2) is 4.98 Å². The van der Waals surface area contributed by atoms with E-state index in [1.165, 1.54) is 0 Å². The minimum atomic E-state index is -0.176. The van der Waals surface area contributed by atoms with E-state index in [0.717, 1.165) is 23.1 Å². The molecular formula is C26H29ClN4O5S. The number of morpholine rings is 1. The number of hydrogen-bond donors (Lipinski definition) is 1. The molecule has 1 aromatic heterocycles. The van der Waals surface area contributed by atoms with Crippen LogP contribution in [0.1, 0.15) is 4.88 Å². The van der Waals surface area contributed by atoms with Gasteiger partial charge in [0, 0.05) is 42.3 Å². The highest BCUT2D eigenvalue weighted by Crippen LogP contribution is 2.36. The van der Waals surface area contributed by atoms with Gasteiger partial charge in [-0.2, -0.15) is 0 Å². The summed E-state index contributed by atoms with van der Waals surface area (Å²) < 4.78 is 23.3. The summed E-state index contributed by atoms with van der Waals surface area (Å²) in [6.07, 6.45) is 1.89. The molecular weight excluding hydrogens is 516 g/mol. The van der Waals surface area contributed by atoms with Crippen LogP contribution in [0.5, 0.6) is 17.2 Å². The van der Waals surface area contributed by atoms with Crippen molar-refractivity contribution in [1.82, 2.24) is 9.88 Å². The molecule has 2 aliphatic heterocycles. The van der Waals surface area contributed by atoms with E-state index in [2.05, 4.69) is 15.2 Å². The van der Waals surface area contributed by atoms with Crippen LogP contribution < -0.4 is 19.7 Å². The first kappa shape index (κ1) is 25.7. The molecule has 2 aromatic carbocycles. The number of rotatable bonds is 3. The van der Waals surface area contributed by atoms with Crippen LogP contribution in [-0.2, 0) is 20.8 Å². The summed E-state index contributed by atoms with van der Waals surface area (Å²) >= 11 is 7.89. The van der Waals surface area contributed by atoms with Crippen molar-refractivity contribution in [1.29, 1.82) is 0 Å². The molecule has 0 spiro atoms. The summed E-state index contributed by atoms with van der Waals surface area (Å²) in [6, 6.07) is 12.5. The highest BCUT2D eigenvalue weighted by Gasteiger charge is 2.19. The molecule has 3 aromatic rings. The van der Waals surface area contributed by atoms with Crippen molar-refractivity contribution in [3.63, 3.8) is 0 Å². The number of carbonyl (C=O) groups excluding carboxylic acids is 1. The minimum Gasteiger partial charge on any atom is -0.487 e. The molecule has 196 valence electrons. The third-order valence-corrected chi connectivity index (χ3v) is 7.17. The first-order valence-corrected chi connectivity index (χ1v) is 13.4. The quantitative estimate of drug-likeness (QED) is 0.523. The Morgan fingerprint density at radius 3 is 2.59 bits per heavy atom. The van der Waals surface area contributed by atoms with Crippen LogP contribution in [0.25, 0.3) is 0 Å². The average molecular weight is 545 g/mol. The maximum absolute atomic E-state index is 13.1. The second-order valence-corrected chi connectivity index (χ2v) is 10.1. The van der Waals surface area contributed by atoms with Crippen LogP contribution in [0.2, 0.25) is 5.02 Å². The summed E-state index contributed by atoms with van der Waals surface area (Å²) in [4.78, 5) is 23.1. The van der Waals surface area contributed by atoms with Gasteiger partial charge in [0.05, 0.1) is 38.7 Å². The SMILES string of the molecule is O=C1CN(Cc2cnc(N3CCOCC3)s2)CCOCCOc2ccccc2Oc2ccc(Cl)cc2N1. The standard InChI is InChI=1S/C26H29ClN4O5S/c27-19-5-6-22-21(15-19)29-25(32)18-30(17-20-16-28-26(37-20)31-8-11-33-12-9-31)7-10-34-13-14-35-23-3-1-2-4-24(23)36-22/h1-6,15-16H,7-14,17-18H2,(H,29,32). The number of thiazole rings is 1. The topological polar surface area (TPSA) is 85.4 Å². The Morgan fingerprint density at radius 2 is 1.73 bits per heavy atom. The third kappa shape index (κ3) is 7.12. The van der Waals surface area contributed by atoms with Crippen LogP contribution in [0.15, 0.2) is 48.7 Å². The lowest BCUT2D eigenvalue weighted by atomic mass is 10.2. The highest BCUT2D eigenvalue weighted by molar-refractivity contribution is 7.15. The molecule has 0 bridgehead atoms. The van der Waals surface area contributed by atoms with Gasteiger partial charge in [0.15, 0.2) is 22.4 Å². The van der Waals surface area contributed by atoms with Crippen LogP contribution in [-0.4, -0.2) is 75.0 Å². The van der Waals surface area contributed by atoms with Gasteiger partial charge in [0.25, 0.3) is 0 Å².